The number of esters is 1. The van der Waals surface area contributed by atoms with Gasteiger partial charge in [-0.1, -0.05) is 13.8 Å². The van der Waals surface area contributed by atoms with Crippen molar-refractivity contribution in [2.24, 2.45) is 5.92 Å². The standard InChI is InChI=1S/C10H20O3/c1-6-8(4)10(11)13-9(5)12-7(2)3/h7-9H,6H2,1-5H3. The van der Waals surface area contributed by atoms with Crippen LogP contribution in [-0.4, -0.2) is 18.4 Å². The van der Waals surface area contributed by atoms with Crippen LogP contribution in [0.2, 0.25) is 0 Å². The molecule has 0 aliphatic carbocycles. The Morgan fingerprint density at radius 2 is 1.77 bits per heavy atom. The van der Waals surface area contributed by atoms with E-state index >= 15 is 0 Å². The Kier molecular flexibility index (Phi) is 5.71. The second kappa shape index (κ2) is 5.97. The van der Waals surface area contributed by atoms with E-state index in [0.29, 0.717) is 0 Å². The van der Waals surface area contributed by atoms with Crippen LogP contribution in [0.5, 0.6) is 0 Å². The van der Waals surface area contributed by atoms with Crippen LogP contribution >= 0.6 is 0 Å². The molecule has 0 N–H and O–H groups in total. The summed E-state index contributed by atoms with van der Waals surface area (Å²) in [4.78, 5) is 11.3. The summed E-state index contributed by atoms with van der Waals surface area (Å²) in [5.41, 5.74) is 0. The molecule has 2 atom stereocenters. The Morgan fingerprint density at radius 3 is 2.15 bits per heavy atom. The van der Waals surface area contributed by atoms with Gasteiger partial charge in [-0.2, -0.15) is 0 Å². The molecule has 3 heteroatoms. The maximum absolute atomic E-state index is 11.3. The van der Waals surface area contributed by atoms with Gasteiger partial charge in [0.15, 0.2) is 6.29 Å². The Hall–Kier alpha value is -0.570. The van der Waals surface area contributed by atoms with Crippen molar-refractivity contribution in [3.63, 3.8) is 0 Å². The summed E-state index contributed by atoms with van der Waals surface area (Å²) in [6, 6.07) is 0. The fraction of sp³-hybridized carbons (Fsp3) is 0.900. The van der Waals surface area contributed by atoms with Crippen molar-refractivity contribution in [3.05, 3.63) is 0 Å². The first-order valence-electron chi connectivity index (χ1n) is 4.83. The van der Waals surface area contributed by atoms with E-state index in [-0.39, 0.29) is 18.0 Å². The predicted octanol–water partition coefficient (Wildman–Crippen LogP) is 2.35. The summed E-state index contributed by atoms with van der Waals surface area (Å²) in [7, 11) is 0. The smallest absolute Gasteiger partial charge is 0.310 e. The van der Waals surface area contributed by atoms with Gasteiger partial charge in [-0.05, 0) is 27.2 Å². The van der Waals surface area contributed by atoms with Crippen LogP contribution in [0.4, 0.5) is 0 Å². The summed E-state index contributed by atoms with van der Waals surface area (Å²) < 4.78 is 10.3. The third-order valence-corrected chi connectivity index (χ3v) is 1.76. The maximum atomic E-state index is 11.3. The molecular formula is C10H20O3. The first-order valence-corrected chi connectivity index (χ1v) is 4.83. The van der Waals surface area contributed by atoms with Crippen LogP contribution < -0.4 is 0 Å². The highest BCUT2D eigenvalue weighted by atomic mass is 16.7. The zero-order valence-corrected chi connectivity index (χ0v) is 9.16. The molecule has 0 radical (unpaired) electrons. The maximum Gasteiger partial charge on any atom is 0.310 e. The zero-order valence-electron chi connectivity index (χ0n) is 9.16. The van der Waals surface area contributed by atoms with E-state index in [1.54, 1.807) is 6.92 Å². The van der Waals surface area contributed by atoms with Crippen LogP contribution in [0.25, 0.3) is 0 Å². The minimum Gasteiger partial charge on any atom is -0.436 e. The van der Waals surface area contributed by atoms with Crippen molar-refractivity contribution in [3.8, 4) is 0 Å². The number of hydrogen-bond acceptors (Lipinski definition) is 3. The van der Waals surface area contributed by atoms with Crippen LogP contribution in [0.15, 0.2) is 0 Å². The van der Waals surface area contributed by atoms with Crippen LogP contribution in [0.1, 0.15) is 41.0 Å². The van der Waals surface area contributed by atoms with E-state index in [0.717, 1.165) is 6.42 Å². The molecule has 0 saturated carbocycles. The quantitative estimate of drug-likeness (QED) is 0.490. The molecule has 0 aromatic heterocycles. The Labute approximate surface area is 80.4 Å². The van der Waals surface area contributed by atoms with Crippen LogP contribution in [-0.2, 0) is 14.3 Å². The van der Waals surface area contributed by atoms with E-state index in [2.05, 4.69) is 0 Å². The highest BCUT2D eigenvalue weighted by Crippen LogP contribution is 2.07. The van der Waals surface area contributed by atoms with Gasteiger partial charge in [0.25, 0.3) is 0 Å². The number of rotatable bonds is 5. The highest BCUT2D eigenvalue weighted by Gasteiger charge is 2.16. The van der Waals surface area contributed by atoms with E-state index in [1.807, 2.05) is 27.7 Å². The summed E-state index contributed by atoms with van der Waals surface area (Å²) in [6.07, 6.45) is 0.439. The van der Waals surface area contributed by atoms with E-state index < -0.39 is 6.29 Å². The lowest BCUT2D eigenvalue weighted by Crippen LogP contribution is -2.24. The molecular weight excluding hydrogens is 168 g/mol. The van der Waals surface area contributed by atoms with Gasteiger partial charge in [0, 0.05) is 0 Å². The number of carbonyl (C=O) groups is 1. The third-order valence-electron chi connectivity index (χ3n) is 1.76. The lowest BCUT2D eigenvalue weighted by atomic mass is 10.1. The Bertz CT molecular complexity index is 154. The third kappa shape index (κ3) is 5.64. The molecule has 0 amide bonds. The van der Waals surface area contributed by atoms with Gasteiger partial charge in [-0.25, -0.2) is 0 Å². The van der Waals surface area contributed by atoms with Gasteiger partial charge in [0.1, 0.15) is 0 Å². The molecule has 0 aliphatic heterocycles. The molecule has 0 aromatic rings. The molecule has 13 heavy (non-hydrogen) atoms. The highest BCUT2D eigenvalue weighted by molar-refractivity contribution is 5.71. The first-order chi connectivity index (χ1) is 5.97. The van der Waals surface area contributed by atoms with Crippen molar-refractivity contribution < 1.29 is 14.3 Å². The molecule has 0 fully saturated rings. The predicted molar refractivity (Wildman–Crippen MR) is 51.2 cm³/mol. The molecule has 0 rings (SSSR count). The SMILES string of the molecule is CCC(C)C(=O)OC(C)OC(C)C. The molecule has 3 nitrogen and oxygen atoms in total. The van der Waals surface area contributed by atoms with Gasteiger partial charge >= 0.3 is 5.97 Å². The summed E-state index contributed by atoms with van der Waals surface area (Å²) in [5.74, 6) is -0.228. The molecule has 78 valence electrons. The second-order valence-corrected chi connectivity index (χ2v) is 3.50. The molecule has 0 aliphatic rings. The summed E-state index contributed by atoms with van der Waals surface area (Å²) in [6.45, 7) is 9.37. The van der Waals surface area contributed by atoms with Gasteiger partial charge in [-0.3, -0.25) is 4.79 Å². The Balaban J connectivity index is 3.77. The summed E-state index contributed by atoms with van der Waals surface area (Å²) in [5, 5.41) is 0. The fourth-order valence-corrected chi connectivity index (χ4v) is 0.857. The molecule has 0 heterocycles. The lowest BCUT2D eigenvalue weighted by Gasteiger charge is -2.18. The van der Waals surface area contributed by atoms with Gasteiger partial charge in [0.05, 0.1) is 12.0 Å². The van der Waals surface area contributed by atoms with Crippen LogP contribution in [0.3, 0.4) is 0 Å². The number of ether oxygens (including phenoxy) is 2. The zero-order chi connectivity index (χ0) is 10.4. The molecule has 0 aromatic carbocycles. The van der Waals surface area contributed by atoms with Gasteiger partial charge in [-0.15, -0.1) is 0 Å². The van der Waals surface area contributed by atoms with Crippen molar-refractivity contribution in [1.82, 2.24) is 0 Å². The largest absolute Gasteiger partial charge is 0.436 e. The van der Waals surface area contributed by atoms with E-state index in [1.165, 1.54) is 0 Å². The summed E-state index contributed by atoms with van der Waals surface area (Å²) >= 11 is 0. The monoisotopic (exact) mass is 188 g/mol. The molecule has 2 unspecified atom stereocenters. The number of hydrogen-bond donors (Lipinski definition) is 0. The minimum absolute atomic E-state index is 0.0433. The van der Waals surface area contributed by atoms with Crippen molar-refractivity contribution in [2.45, 2.75) is 53.4 Å². The van der Waals surface area contributed by atoms with Crippen molar-refractivity contribution >= 4 is 5.97 Å². The first kappa shape index (κ1) is 12.4. The van der Waals surface area contributed by atoms with Gasteiger partial charge < -0.3 is 9.47 Å². The second-order valence-electron chi connectivity index (χ2n) is 3.50. The molecule has 0 bridgehead atoms. The average molecular weight is 188 g/mol. The minimum atomic E-state index is -0.443. The lowest BCUT2D eigenvalue weighted by molar-refractivity contribution is -0.185. The fourth-order valence-electron chi connectivity index (χ4n) is 0.857. The van der Waals surface area contributed by atoms with Crippen molar-refractivity contribution in [1.29, 1.82) is 0 Å². The molecule has 0 saturated heterocycles. The topological polar surface area (TPSA) is 35.5 Å². The normalized spacial score (nSPS) is 15.5. The van der Waals surface area contributed by atoms with Gasteiger partial charge in [0.2, 0.25) is 0 Å². The number of carbonyl (C=O) groups excluding carboxylic acids is 1. The molecule has 0 spiro atoms. The van der Waals surface area contributed by atoms with E-state index in [4.69, 9.17) is 9.47 Å². The van der Waals surface area contributed by atoms with E-state index in [9.17, 15) is 4.79 Å². The Morgan fingerprint density at radius 1 is 1.23 bits per heavy atom. The van der Waals surface area contributed by atoms with Crippen molar-refractivity contribution in [2.75, 3.05) is 0 Å². The average Bonchev–Trinajstić information content (AvgIpc) is 2.01. The van der Waals surface area contributed by atoms with Crippen LogP contribution in [0, 0.1) is 5.92 Å².